The third-order valence-electron chi connectivity index (χ3n) is 4.57. The number of rotatable bonds is 14. The number of hydrogen-bond donors (Lipinski definition) is 12. The molecule has 8 atom stereocenters. The van der Waals surface area contributed by atoms with E-state index < -0.39 is 73.2 Å². The van der Waals surface area contributed by atoms with Gasteiger partial charge in [-0.3, -0.25) is 9.59 Å². The quantitative estimate of drug-likeness (QED) is 0.0459. The Hall–Kier alpha value is -0.0136. The topological polar surface area (TPSA) is 333 Å². The van der Waals surface area contributed by atoms with Gasteiger partial charge in [-0.15, -0.1) is 0 Å². The molecule has 0 aromatic carbocycles. The predicted octanol–water partition coefficient (Wildman–Crippen LogP) is -8.33. The molecular weight excluding hydrogens is 631 g/mol. The summed E-state index contributed by atoms with van der Waals surface area (Å²) >= 11 is 4.87. The SMILES string of the molecule is C.C=C(C)C(=O)Cl.C=C(C)C(=O)N(C)C[C@H](O)[C@@H](O)[C@H](O)[C@H](O)CO.CNC[C@H](O)[C@@H](O)[C@H](O)[C@H](O)CO.CO.O.[K+].[OH-]. The molecule has 0 aliphatic rings. The Kier molecular flexibility index (Phi) is 52.5. The van der Waals surface area contributed by atoms with Crippen molar-refractivity contribution in [3.05, 3.63) is 24.3 Å². The minimum Gasteiger partial charge on any atom is -0.870 e. The van der Waals surface area contributed by atoms with Gasteiger partial charge in [0.05, 0.1) is 19.3 Å². The number of hydrogen-bond acceptors (Lipinski definition) is 15. The summed E-state index contributed by atoms with van der Waals surface area (Å²) in [5.74, 6) is -0.404. The van der Waals surface area contributed by atoms with E-state index in [-0.39, 0.29) is 88.4 Å². The molecule has 0 heterocycles. The van der Waals surface area contributed by atoms with Gasteiger partial charge in [-0.25, -0.2) is 0 Å². The summed E-state index contributed by atoms with van der Waals surface area (Å²) in [4.78, 5) is 22.4. The molecule has 17 nitrogen and oxygen atoms in total. The molecule has 0 aromatic heterocycles. The van der Waals surface area contributed by atoms with E-state index in [0.29, 0.717) is 5.57 Å². The van der Waals surface area contributed by atoms with Crippen LogP contribution in [-0.4, -0.2) is 180 Å². The van der Waals surface area contributed by atoms with Gasteiger partial charge in [0.2, 0.25) is 11.1 Å². The molecule has 19 heteroatoms. The van der Waals surface area contributed by atoms with Crippen LogP contribution in [0, 0.1) is 0 Å². The molecule has 0 bridgehead atoms. The molecule has 258 valence electrons. The van der Waals surface area contributed by atoms with Crippen LogP contribution >= 0.6 is 11.6 Å². The largest absolute Gasteiger partial charge is 1.00 e. The van der Waals surface area contributed by atoms with Crippen molar-refractivity contribution in [2.75, 3.05) is 47.5 Å². The number of aliphatic hydroxyl groups is 11. The van der Waals surface area contributed by atoms with E-state index >= 15 is 0 Å². The second-order valence-electron chi connectivity index (χ2n) is 8.17. The first-order valence-corrected chi connectivity index (χ1v) is 11.8. The summed E-state index contributed by atoms with van der Waals surface area (Å²) < 4.78 is 0. The normalized spacial score (nSPS) is 14.9. The van der Waals surface area contributed by atoms with Gasteiger partial charge in [-0.05, 0) is 32.5 Å². The Morgan fingerprint density at radius 3 is 1.28 bits per heavy atom. The van der Waals surface area contributed by atoms with Crippen molar-refractivity contribution < 1.29 is 128 Å². The maximum absolute atomic E-state index is 11.4. The van der Waals surface area contributed by atoms with E-state index in [0.717, 1.165) is 12.0 Å². The van der Waals surface area contributed by atoms with Gasteiger partial charge in [-0.2, -0.15) is 0 Å². The van der Waals surface area contributed by atoms with Crippen LogP contribution in [-0.2, 0) is 9.59 Å². The number of carbonyl (C=O) groups excluding carboxylic acids is 2. The van der Waals surface area contributed by atoms with Gasteiger partial charge in [-0.1, -0.05) is 20.6 Å². The van der Waals surface area contributed by atoms with E-state index in [1.54, 1.807) is 14.0 Å². The van der Waals surface area contributed by atoms with E-state index in [9.17, 15) is 30.0 Å². The van der Waals surface area contributed by atoms with Crippen LogP contribution in [0.25, 0.3) is 0 Å². The van der Waals surface area contributed by atoms with Crippen LogP contribution < -0.4 is 56.7 Å². The Labute approximate surface area is 300 Å². The minimum atomic E-state index is -1.70. The molecule has 0 aliphatic heterocycles. The number of allylic oxidation sites excluding steroid dienone is 1. The van der Waals surface area contributed by atoms with Gasteiger partial charge in [0.1, 0.15) is 42.7 Å². The van der Waals surface area contributed by atoms with Crippen molar-refractivity contribution in [2.45, 2.75) is 70.1 Å². The Morgan fingerprint density at radius 1 is 0.767 bits per heavy atom. The van der Waals surface area contributed by atoms with Gasteiger partial charge in [0, 0.05) is 38.4 Å². The number of carbonyl (C=O) groups is 2. The number of nitrogens with one attached hydrogen (secondary N) is 1. The van der Waals surface area contributed by atoms with Crippen molar-refractivity contribution in [1.82, 2.24) is 10.2 Å². The fraction of sp³-hybridized carbons (Fsp3) is 0.750. The molecule has 43 heavy (non-hydrogen) atoms. The molecule has 0 aromatic rings. The molecule has 0 radical (unpaired) electrons. The standard InChI is InChI=1S/C11H21NO6.C7H17NO5.C4H5ClO.CH4O.CH4.K.2H2O/c1-6(2)11(18)12(3)4-7(14)9(16)10(17)8(15)5-13;1-8-2-4(10)6(12)7(13)5(11)3-9;1-3(2)4(5)6;1-2;;;;/h7-10,13-17H,1,4-5H2,2-3H3;4-13H,2-3H2,1H3;1H2,2H3;2H,1H3;1H4;;2*1H2/q;;;;;+1;;/p-1/t7-,8+,9+,10+;4-,5+,6+,7+;;;;;;/m00....../s1. The van der Waals surface area contributed by atoms with Crippen LogP contribution in [0.3, 0.4) is 0 Å². The van der Waals surface area contributed by atoms with Crippen molar-refractivity contribution in [3.63, 3.8) is 0 Å². The van der Waals surface area contributed by atoms with Crippen molar-refractivity contribution in [2.24, 2.45) is 0 Å². The first-order chi connectivity index (χ1) is 17.9. The molecule has 15 N–H and O–H groups in total. The molecule has 0 spiro atoms. The molecule has 0 rings (SSSR count). The summed E-state index contributed by atoms with van der Waals surface area (Å²) in [7, 11) is 3.98. The van der Waals surface area contributed by atoms with Gasteiger partial charge in [0.15, 0.2) is 0 Å². The van der Waals surface area contributed by atoms with Crippen LogP contribution in [0.1, 0.15) is 21.3 Å². The Morgan fingerprint density at radius 2 is 1.05 bits per heavy atom. The molecule has 0 unspecified atom stereocenters. The zero-order valence-electron chi connectivity index (χ0n) is 24.9. The summed E-state index contributed by atoms with van der Waals surface area (Å²) in [5, 5.41) is 100. The summed E-state index contributed by atoms with van der Waals surface area (Å²) in [6.07, 6.45) is -12.0. The van der Waals surface area contributed by atoms with E-state index in [1.807, 2.05) is 0 Å². The van der Waals surface area contributed by atoms with Crippen LogP contribution in [0.5, 0.6) is 0 Å². The second kappa shape index (κ2) is 36.5. The fourth-order valence-electron chi connectivity index (χ4n) is 2.25. The average Bonchev–Trinajstić information content (AvgIpc) is 2.91. The van der Waals surface area contributed by atoms with E-state index in [4.69, 9.17) is 47.3 Å². The Balaban J connectivity index is -0.0000000723. The summed E-state index contributed by atoms with van der Waals surface area (Å²) in [5.41, 5.74) is 0.659. The maximum atomic E-state index is 11.4. The third-order valence-corrected chi connectivity index (χ3v) is 4.89. The summed E-state index contributed by atoms with van der Waals surface area (Å²) in [6.45, 7) is 8.24. The van der Waals surface area contributed by atoms with Gasteiger partial charge >= 0.3 is 51.4 Å². The summed E-state index contributed by atoms with van der Waals surface area (Å²) in [6, 6.07) is 0. The predicted molar refractivity (Wildman–Crippen MR) is 155 cm³/mol. The third kappa shape index (κ3) is 30.4. The van der Waals surface area contributed by atoms with Crippen molar-refractivity contribution in [3.8, 4) is 0 Å². The zero-order valence-corrected chi connectivity index (χ0v) is 28.7. The van der Waals surface area contributed by atoms with Crippen LogP contribution in [0.15, 0.2) is 24.3 Å². The van der Waals surface area contributed by atoms with Gasteiger partial charge in [0.25, 0.3) is 0 Å². The van der Waals surface area contributed by atoms with Crippen molar-refractivity contribution >= 4 is 22.8 Å². The van der Waals surface area contributed by atoms with Crippen LogP contribution in [0.2, 0.25) is 0 Å². The maximum Gasteiger partial charge on any atom is 1.00 e. The number of halogens is 1. The first-order valence-electron chi connectivity index (χ1n) is 11.4. The number of likely N-dealkylation sites (N-methyl/N-ethyl adjacent to an activating group) is 2. The molecule has 0 saturated carbocycles. The second-order valence-corrected chi connectivity index (χ2v) is 8.52. The average molecular weight is 685 g/mol. The number of nitrogens with zero attached hydrogens (tertiary/aromatic N) is 1. The minimum absolute atomic E-state index is 0. The van der Waals surface area contributed by atoms with E-state index in [2.05, 4.69) is 18.5 Å². The number of amides is 1. The van der Waals surface area contributed by atoms with E-state index in [1.165, 1.54) is 14.0 Å². The number of aliphatic hydroxyl groups excluding tert-OH is 11. The van der Waals surface area contributed by atoms with Crippen molar-refractivity contribution in [1.29, 1.82) is 0 Å². The molecule has 1 amide bonds. The zero-order chi connectivity index (χ0) is 32.0. The molecule has 0 saturated heterocycles. The monoisotopic (exact) mass is 684 g/mol. The molecular formula is C24H54ClKN2O15. The fourth-order valence-corrected chi connectivity index (χ4v) is 2.25. The molecule has 0 fully saturated rings. The Bertz CT molecular complexity index is 685. The first kappa shape index (κ1) is 61.9. The molecule has 0 aliphatic carbocycles. The van der Waals surface area contributed by atoms with Crippen LogP contribution in [0.4, 0.5) is 0 Å². The van der Waals surface area contributed by atoms with Gasteiger partial charge < -0.3 is 77.3 Å². The smallest absolute Gasteiger partial charge is 0.870 e.